The second-order valence-corrected chi connectivity index (χ2v) is 6.27. The molecule has 156 valence electrons. The molecule has 8 nitrogen and oxygen atoms in total. The number of ether oxygens (including phenoxy) is 3. The summed E-state index contributed by atoms with van der Waals surface area (Å²) in [6, 6.07) is 14.2. The van der Waals surface area contributed by atoms with Crippen LogP contribution in [0.25, 0.3) is 11.3 Å². The summed E-state index contributed by atoms with van der Waals surface area (Å²) in [5.74, 6) is 0.832. The maximum absolute atomic E-state index is 11.3. The number of carboxylic acid groups (broad SMARTS) is 1. The summed E-state index contributed by atoms with van der Waals surface area (Å²) in [7, 11) is 4.66. The van der Waals surface area contributed by atoms with E-state index in [1.807, 2.05) is 30.0 Å². The van der Waals surface area contributed by atoms with Crippen LogP contribution < -0.4 is 19.1 Å². The van der Waals surface area contributed by atoms with Crippen LogP contribution in [0, 0.1) is 0 Å². The minimum Gasteiger partial charge on any atom is -0.493 e. The summed E-state index contributed by atoms with van der Waals surface area (Å²) in [5.41, 5.74) is 2.24. The third-order valence-electron chi connectivity index (χ3n) is 4.55. The lowest BCUT2D eigenvalue weighted by Crippen LogP contribution is -2.18. The van der Waals surface area contributed by atoms with E-state index in [9.17, 15) is 9.90 Å². The average molecular weight is 409 g/mol. The molecule has 30 heavy (non-hydrogen) atoms. The number of carboxylic acids is 1. The normalized spacial score (nSPS) is 10.4. The van der Waals surface area contributed by atoms with Gasteiger partial charge in [0.1, 0.15) is 5.82 Å². The first-order valence-electron chi connectivity index (χ1n) is 9.27. The lowest BCUT2D eigenvalue weighted by molar-refractivity contribution is 0.0697. The average Bonchev–Trinajstić information content (AvgIpc) is 2.79. The van der Waals surface area contributed by atoms with Gasteiger partial charge in [-0.15, -0.1) is 0 Å². The molecule has 0 unspecified atom stereocenters. The Bertz CT molecular complexity index is 1050. The van der Waals surface area contributed by atoms with E-state index >= 15 is 0 Å². The van der Waals surface area contributed by atoms with Crippen molar-refractivity contribution in [1.82, 2.24) is 9.97 Å². The van der Waals surface area contributed by atoms with Gasteiger partial charge in [-0.3, -0.25) is 0 Å². The topological polar surface area (TPSA) is 94.0 Å². The molecule has 0 aliphatic heterocycles. The van der Waals surface area contributed by atoms with Crippen LogP contribution in [0.3, 0.4) is 0 Å². The second-order valence-electron chi connectivity index (χ2n) is 6.27. The number of methoxy groups -OCH3 is 3. The van der Waals surface area contributed by atoms with Crippen molar-refractivity contribution in [3.63, 3.8) is 0 Å². The van der Waals surface area contributed by atoms with Gasteiger partial charge < -0.3 is 24.2 Å². The van der Waals surface area contributed by atoms with E-state index in [2.05, 4.69) is 9.97 Å². The van der Waals surface area contributed by atoms with Gasteiger partial charge in [0.15, 0.2) is 11.5 Å². The van der Waals surface area contributed by atoms with Gasteiger partial charge in [0, 0.05) is 29.9 Å². The molecule has 0 bridgehead atoms. The van der Waals surface area contributed by atoms with Crippen LogP contribution >= 0.6 is 0 Å². The van der Waals surface area contributed by atoms with Crippen LogP contribution in [-0.4, -0.2) is 48.9 Å². The van der Waals surface area contributed by atoms with Gasteiger partial charge in [-0.2, -0.15) is 9.97 Å². The number of anilines is 2. The summed E-state index contributed by atoms with van der Waals surface area (Å²) in [6.07, 6.45) is 0. The molecule has 0 saturated carbocycles. The van der Waals surface area contributed by atoms with Crippen molar-refractivity contribution in [2.75, 3.05) is 32.8 Å². The molecule has 2 aromatic carbocycles. The molecule has 3 aromatic rings. The van der Waals surface area contributed by atoms with E-state index in [1.165, 1.54) is 13.2 Å². The smallest absolute Gasteiger partial charge is 0.335 e. The van der Waals surface area contributed by atoms with Gasteiger partial charge in [0.25, 0.3) is 0 Å². The summed E-state index contributed by atoms with van der Waals surface area (Å²) < 4.78 is 16.0. The zero-order valence-corrected chi connectivity index (χ0v) is 17.2. The highest BCUT2D eigenvalue weighted by Gasteiger charge is 2.16. The lowest BCUT2D eigenvalue weighted by atomic mass is 10.1. The van der Waals surface area contributed by atoms with Crippen LogP contribution in [0.5, 0.6) is 17.5 Å². The van der Waals surface area contributed by atoms with E-state index in [4.69, 9.17) is 14.2 Å². The fourth-order valence-electron chi connectivity index (χ4n) is 3.07. The first kappa shape index (κ1) is 20.9. The third-order valence-corrected chi connectivity index (χ3v) is 4.55. The molecular formula is C22H23N3O5. The molecule has 1 heterocycles. The zero-order valence-electron chi connectivity index (χ0n) is 17.2. The number of carbonyl (C=O) groups is 1. The molecule has 0 aliphatic carbocycles. The number of nitrogens with zero attached hydrogens (tertiary/aromatic N) is 3. The van der Waals surface area contributed by atoms with Crippen molar-refractivity contribution >= 4 is 17.5 Å². The Kier molecular flexibility index (Phi) is 6.36. The molecule has 0 fully saturated rings. The maximum atomic E-state index is 11.3. The Balaban J connectivity index is 2.09. The van der Waals surface area contributed by atoms with Gasteiger partial charge in [0.2, 0.25) is 0 Å². The summed E-state index contributed by atoms with van der Waals surface area (Å²) in [6.45, 7) is 2.61. The Labute approximate surface area is 174 Å². The van der Waals surface area contributed by atoms with E-state index in [0.29, 0.717) is 35.1 Å². The molecule has 0 atom stereocenters. The number of hydrogen-bond donors (Lipinski definition) is 1. The number of benzene rings is 2. The predicted molar refractivity (Wildman–Crippen MR) is 113 cm³/mol. The zero-order chi connectivity index (χ0) is 21.7. The van der Waals surface area contributed by atoms with E-state index in [1.54, 1.807) is 38.5 Å². The predicted octanol–water partition coefficient (Wildman–Crippen LogP) is 4.03. The molecule has 0 spiro atoms. The fourth-order valence-corrected chi connectivity index (χ4v) is 3.07. The Hall–Kier alpha value is -3.81. The molecule has 1 N–H and O–H groups in total. The maximum Gasteiger partial charge on any atom is 0.335 e. The van der Waals surface area contributed by atoms with Crippen molar-refractivity contribution in [3.05, 3.63) is 54.1 Å². The van der Waals surface area contributed by atoms with Gasteiger partial charge in [-0.25, -0.2) is 4.79 Å². The second kappa shape index (κ2) is 9.13. The van der Waals surface area contributed by atoms with Crippen LogP contribution in [0.4, 0.5) is 11.5 Å². The summed E-state index contributed by atoms with van der Waals surface area (Å²) in [4.78, 5) is 22.2. The van der Waals surface area contributed by atoms with E-state index < -0.39 is 5.97 Å². The minimum absolute atomic E-state index is 0.180. The van der Waals surface area contributed by atoms with Gasteiger partial charge in [-0.05, 0) is 31.2 Å². The number of aromatic carboxylic acids is 1. The molecule has 0 saturated heterocycles. The third kappa shape index (κ3) is 4.27. The van der Waals surface area contributed by atoms with Crippen LogP contribution in [0.1, 0.15) is 17.3 Å². The van der Waals surface area contributed by atoms with Crippen LogP contribution in [-0.2, 0) is 0 Å². The Morgan fingerprint density at radius 2 is 1.73 bits per heavy atom. The van der Waals surface area contributed by atoms with Crippen LogP contribution in [0.2, 0.25) is 0 Å². The number of aromatic nitrogens is 2. The quantitative estimate of drug-likeness (QED) is 0.596. The van der Waals surface area contributed by atoms with Crippen molar-refractivity contribution in [2.24, 2.45) is 0 Å². The Morgan fingerprint density at radius 1 is 0.967 bits per heavy atom. The molecule has 0 amide bonds. The summed E-state index contributed by atoms with van der Waals surface area (Å²) in [5, 5.41) is 9.29. The first-order valence-corrected chi connectivity index (χ1v) is 9.27. The molecule has 1 aromatic heterocycles. The van der Waals surface area contributed by atoms with Gasteiger partial charge >= 0.3 is 12.0 Å². The molecule has 0 aliphatic rings. The van der Waals surface area contributed by atoms with Gasteiger partial charge in [0.05, 0.1) is 32.6 Å². The monoisotopic (exact) mass is 409 g/mol. The van der Waals surface area contributed by atoms with E-state index in [-0.39, 0.29) is 11.6 Å². The summed E-state index contributed by atoms with van der Waals surface area (Å²) >= 11 is 0. The lowest BCUT2D eigenvalue weighted by Gasteiger charge is -2.24. The first-order chi connectivity index (χ1) is 14.5. The number of rotatable bonds is 8. The Morgan fingerprint density at radius 3 is 2.37 bits per heavy atom. The largest absolute Gasteiger partial charge is 0.493 e. The molecule has 8 heteroatoms. The molecule has 0 radical (unpaired) electrons. The highest BCUT2D eigenvalue weighted by Crippen LogP contribution is 2.35. The van der Waals surface area contributed by atoms with Crippen molar-refractivity contribution in [2.45, 2.75) is 6.92 Å². The van der Waals surface area contributed by atoms with Crippen molar-refractivity contribution < 1.29 is 24.1 Å². The SMILES string of the molecule is CCN(c1ccc(OC)c(OC)c1)c1cc(-c2cccc(C(=O)O)c2)nc(OC)n1. The standard InChI is InChI=1S/C22H23N3O5/c1-5-25(16-9-10-18(28-2)19(12-16)29-3)20-13-17(23-22(24-20)30-4)14-7-6-8-15(11-14)21(26)27/h6-13H,5H2,1-4H3,(H,26,27). The fraction of sp³-hybridized carbons (Fsp3) is 0.227. The van der Waals surface area contributed by atoms with Gasteiger partial charge in [-0.1, -0.05) is 12.1 Å². The minimum atomic E-state index is -1.00. The number of hydrogen-bond acceptors (Lipinski definition) is 7. The highest BCUT2D eigenvalue weighted by molar-refractivity contribution is 5.89. The van der Waals surface area contributed by atoms with Crippen molar-refractivity contribution in [3.8, 4) is 28.8 Å². The van der Waals surface area contributed by atoms with Crippen molar-refractivity contribution in [1.29, 1.82) is 0 Å². The van der Waals surface area contributed by atoms with E-state index in [0.717, 1.165) is 5.69 Å². The molecule has 3 rings (SSSR count). The highest BCUT2D eigenvalue weighted by atomic mass is 16.5. The van der Waals surface area contributed by atoms with Crippen LogP contribution in [0.15, 0.2) is 48.5 Å². The molecular weight excluding hydrogens is 386 g/mol.